The van der Waals surface area contributed by atoms with E-state index >= 15 is 0 Å². The lowest BCUT2D eigenvalue weighted by molar-refractivity contribution is -0.319. The van der Waals surface area contributed by atoms with E-state index in [1.807, 2.05) is 34.7 Å². The van der Waals surface area contributed by atoms with E-state index in [0.717, 1.165) is 0 Å². The van der Waals surface area contributed by atoms with Crippen molar-refractivity contribution in [1.82, 2.24) is 10.2 Å². The molecule has 3 saturated heterocycles. The van der Waals surface area contributed by atoms with Gasteiger partial charge in [0.15, 0.2) is 12.6 Å². The Morgan fingerprint density at radius 3 is 2.16 bits per heavy atom. The number of carbonyl (C=O) groups is 2. The average Bonchev–Trinajstić information content (AvgIpc) is 3.15. The Morgan fingerprint density at radius 2 is 1.59 bits per heavy atom. The van der Waals surface area contributed by atoms with Crippen LogP contribution in [0.25, 0.3) is 0 Å². The highest BCUT2D eigenvalue weighted by Gasteiger charge is 2.54. The summed E-state index contributed by atoms with van der Waals surface area (Å²) in [6, 6.07) is -0.230. The highest BCUT2D eigenvalue weighted by molar-refractivity contribution is 5.73. The summed E-state index contributed by atoms with van der Waals surface area (Å²) >= 11 is 0. The molecule has 0 aromatic heterocycles. The molecule has 19 atom stereocenters. The van der Waals surface area contributed by atoms with E-state index in [0.29, 0.717) is 12.8 Å². The number of esters is 1. The summed E-state index contributed by atoms with van der Waals surface area (Å²) in [4.78, 5) is 27.5. The first-order chi connectivity index (χ1) is 26.9. The topological polar surface area (TPSA) is 215 Å². The van der Waals surface area contributed by atoms with E-state index in [1.54, 1.807) is 48.5 Å². The Bertz CT molecular complexity index is 1290. The van der Waals surface area contributed by atoms with Gasteiger partial charge in [0.1, 0.15) is 23.9 Å². The van der Waals surface area contributed by atoms with E-state index in [2.05, 4.69) is 10.2 Å². The van der Waals surface area contributed by atoms with Crippen molar-refractivity contribution in [1.29, 1.82) is 0 Å². The summed E-state index contributed by atoms with van der Waals surface area (Å²) in [5, 5.41) is 62.0. The summed E-state index contributed by atoms with van der Waals surface area (Å²) < 4.78 is 44.2. The first kappa shape index (κ1) is 50.8. The molecule has 58 heavy (non-hydrogen) atoms. The largest absolute Gasteiger partial charge is 0.459 e. The third-order valence-electron chi connectivity index (χ3n) is 13.3. The molecule has 0 spiro atoms. The second-order valence-corrected chi connectivity index (χ2v) is 18.4. The molecule has 3 aliphatic heterocycles. The van der Waals surface area contributed by atoms with Crippen molar-refractivity contribution in [3.8, 4) is 0 Å². The van der Waals surface area contributed by atoms with Crippen LogP contribution in [0.15, 0.2) is 0 Å². The minimum absolute atomic E-state index is 0.0222. The van der Waals surface area contributed by atoms with Crippen molar-refractivity contribution >= 4 is 12.4 Å². The molecule has 3 aliphatic rings. The number of aliphatic hydroxyl groups is 5. The Morgan fingerprint density at radius 1 is 0.948 bits per heavy atom. The quantitative estimate of drug-likeness (QED) is 0.0891. The summed E-state index contributed by atoms with van der Waals surface area (Å²) in [6.45, 7) is 21.5. The monoisotopic (exact) mass is 835 g/mol. The number of rotatable bonds is 13. The number of ether oxygens (including phenoxy) is 7. The normalized spacial score (nSPS) is 46.4. The third kappa shape index (κ3) is 11.7. The van der Waals surface area contributed by atoms with Crippen molar-refractivity contribution in [3.05, 3.63) is 0 Å². The maximum absolute atomic E-state index is 14.3. The van der Waals surface area contributed by atoms with Crippen molar-refractivity contribution in [2.75, 3.05) is 27.3 Å². The first-order valence-electron chi connectivity index (χ1n) is 21.2. The average molecular weight is 835 g/mol. The fourth-order valence-corrected chi connectivity index (χ4v) is 9.48. The highest BCUT2D eigenvalue weighted by atomic mass is 16.7. The number of methoxy groups -OCH3 is 1. The summed E-state index contributed by atoms with van der Waals surface area (Å²) in [6.07, 6.45) is -9.57. The minimum atomic E-state index is -1.94. The molecule has 0 saturated carbocycles. The van der Waals surface area contributed by atoms with Gasteiger partial charge in [-0.05, 0) is 87.6 Å². The van der Waals surface area contributed by atoms with Crippen LogP contribution in [0, 0.1) is 23.7 Å². The number of nitrogens with one attached hydrogen (secondary N) is 1. The maximum Gasteiger partial charge on any atom is 0.311 e. The SMILES string of the molecule is CC[C@H]1OC(=O)[C@H](C)[C@@H](O[C@H]2C[C@@](C)(OC)[C@@H](O)[C@H](C)O2)C(C)[C@@H](O[C@@H]2O[C@H](C)C[C@H](N(C)C(C)C)[C@H]2O)[C@](C)(O)C[C@@H](C)[C@H](OCCNC=O)[C@H](C)[C@@H](O)[C@]1(C)O. The third-order valence-corrected chi connectivity index (χ3v) is 13.3. The van der Waals surface area contributed by atoms with Gasteiger partial charge in [-0.3, -0.25) is 14.5 Å². The maximum atomic E-state index is 14.3. The molecule has 1 unspecified atom stereocenters. The Balaban J connectivity index is 2.23. The number of cyclic esters (lactones) is 1. The summed E-state index contributed by atoms with van der Waals surface area (Å²) in [5.74, 6) is -3.89. The molecule has 16 heteroatoms. The van der Waals surface area contributed by atoms with Gasteiger partial charge in [0, 0.05) is 44.0 Å². The van der Waals surface area contributed by atoms with Crippen molar-refractivity contribution < 1.29 is 68.3 Å². The Kier molecular flexibility index (Phi) is 18.4. The zero-order valence-corrected chi connectivity index (χ0v) is 37.5. The minimum Gasteiger partial charge on any atom is -0.459 e. The smallest absolute Gasteiger partial charge is 0.311 e. The van der Waals surface area contributed by atoms with Gasteiger partial charge in [0.2, 0.25) is 6.41 Å². The van der Waals surface area contributed by atoms with Crippen LogP contribution >= 0.6 is 0 Å². The van der Waals surface area contributed by atoms with Gasteiger partial charge in [-0.2, -0.15) is 0 Å². The molecule has 0 aliphatic carbocycles. The molecule has 16 nitrogen and oxygen atoms in total. The van der Waals surface area contributed by atoms with Crippen molar-refractivity contribution in [3.63, 3.8) is 0 Å². The van der Waals surface area contributed by atoms with Gasteiger partial charge < -0.3 is 64.0 Å². The number of likely N-dealkylation sites (N-methyl/N-ethyl adjacent to an activating group) is 1. The molecule has 3 heterocycles. The van der Waals surface area contributed by atoms with Gasteiger partial charge in [-0.25, -0.2) is 0 Å². The fourth-order valence-electron chi connectivity index (χ4n) is 9.48. The first-order valence-corrected chi connectivity index (χ1v) is 21.2. The van der Waals surface area contributed by atoms with E-state index in [4.69, 9.17) is 33.2 Å². The van der Waals surface area contributed by atoms with E-state index in [-0.39, 0.29) is 50.6 Å². The standard InChI is InChI=1S/C42H78N2O14/c1-15-30-42(12,51)35(47)25(6)33(53-17-16-43-21-45)23(4)19-40(10,50)37(58-39-32(46)29(18-24(5)54-39)44(13)22(2)3)26(7)34(27(8)38(49)56-30)57-31-20-41(11,52-14)36(48)28(9)55-31/h21-37,39,46-48,50-51H,15-20H2,1-14H3,(H,43,45)/t23-,24-,25+,26?,27-,28+,29+,30-,31+,32-,33+,34+,35-,36+,37-,39+,40-,41-,42-/m1/s1. The molecule has 0 aromatic carbocycles. The fraction of sp³-hybridized carbons (Fsp3) is 0.952. The van der Waals surface area contributed by atoms with Gasteiger partial charge in [0.05, 0.1) is 60.4 Å². The Labute approximate surface area is 346 Å². The summed E-state index contributed by atoms with van der Waals surface area (Å²) in [7, 11) is 3.43. The van der Waals surface area contributed by atoms with Crippen LogP contribution in [0.2, 0.25) is 0 Å². The van der Waals surface area contributed by atoms with Crippen molar-refractivity contribution in [2.45, 2.75) is 205 Å². The van der Waals surface area contributed by atoms with Gasteiger partial charge in [-0.1, -0.05) is 27.7 Å². The van der Waals surface area contributed by atoms with Gasteiger partial charge in [0.25, 0.3) is 0 Å². The number of amides is 1. The predicted molar refractivity (Wildman–Crippen MR) is 214 cm³/mol. The molecular weight excluding hydrogens is 756 g/mol. The van der Waals surface area contributed by atoms with E-state index < -0.39 is 108 Å². The van der Waals surface area contributed by atoms with Crippen LogP contribution in [0.5, 0.6) is 0 Å². The molecule has 0 radical (unpaired) electrons. The lowest BCUT2D eigenvalue weighted by atomic mass is 9.73. The van der Waals surface area contributed by atoms with Crippen LogP contribution in [0.3, 0.4) is 0 Å². The van der Waals surface area contributed by atoms with Gasteiger partial charge >= 0.3 is 5.97 Å². The van der Waals surface area contributed by atoms with E-state index in [1.165, 1.54) is 14.0 Å². The Hall–Kier alpha value is -1.54. The zero-order valence-electron chi connectivity index (χ0n) is 37.5. The van der Waals surface area contributed by atoms with Crippen LogP contribution in [0.4, 0.5) is 0 Å². The molecule has 3 rings (SSSR count). The van der Waals surface area contributed by atoms with E-state index in [9.17, 15) is 35.1 Å². The second kappa shape index (κ2) is 21.0. The molecule has 0 aromatic rings. The van der Waals surface area contributed by atoms with Gasteiger partial charge in [-0.15, -0.1) is 0 Å². The number of hydrogen-bond donors (Lipinski definition) is 6. The molecule has 0 bridgehead atoms. The molecular formula is C42H78N2O14. The zero-order chi connectivity index (χ0) is 44.1. The number of carbonyl (C=O) groups excluding carboxylic acids is 2. The molecule has 3 fully saturated rings. The molecule has 340 valence electrons. The van der Waals surface area contributed by atoms with Crippen LogP contribution in [-0.4, -0.2) is 167 Å². The summed E-state index contributed by atoms with van der Waals surface area (Å²) in [5.41, 5.74) is -4.73. The lowest BCUT2D eigenvalue weighted by Gasteiger charge is -2.50. The number of hydrogen-bond acceptors (Lipinski definition) is 15. The lowest BCUT2D eigenvalue weighted by Crippen LogP contribution is -2.62. The van der Waals surface area contributed by atoms with Crippen LogP contribution in [0.1, 0.15) is 109 Å². The predicted octanol–water partition coefficient (Wildman–Crippen LogP) is 2.13. The molecule has 1 amide bonds. The second-order valence-electron chi connectivity index (χ2n) is 18.4. The van der Waals surface area contributed by atoms with Crippen LogP contribution in [-0.2, 0) is 42.7 Å². The number of aliphatic hydroxyl groups excluding tert-OH is 3. The number of nitrogens with zero attached hydrogens (tertiary/aromatic N) is 1. The van der Waals surface area contributed by atoms with Crippen LogP contribution < -0.4 is 5.32 Å². The molecule has 6 N–H and O–H groups in total. The van der Waals surface area contributed by atoms with Crippen molar-refractivity contribution in [2.24, 2.45) is 23.7 Å². The highest BCUT2D eigenvalue weighted by Crippen LogP contribution is 2.42.